The predicted octanol–water partition coefficient (Wildman–Crippen LogP) is 3.13. The Morgan fingerprint density at radius 1 is 1.15 bits per heavy atom. The number of nitrogens with one attached hydrogen (secondary N) is 1. The highest BCUT2D eigenvalue weighted by Crippen LogP contribution is 2.34. The lowest BCUT2D eigenvalue weighted by Crippen LogP contribution is -2.24. The van der Waals surface area contributed by atoms with Gasteiger partial charge in [-0.1, -0.05) is 29.8 Å². The molecule has 0 bridgehead atoms. The van der Waals surface area contributed by atoms with Gasteiger partial charge in [0.25, 0.3) is 5.89 Å². The van der Waals surface area contributed by atoms with Crippen molar-refractivity contribution in [2.75, 3.05) is 0 Å². The van der Waals surface area contributed by atoms with Crippen LogP contribution >= 0.6 is 11.6 Å². The van der Waals surface area contributed by atoms with E-state index in [0.29, 0.717) is 27.7 Å². The smallest absolute Gasteiger partial charge is 0.250 e. The standard InChI is InChI=1S/C17H19ClN4O3S/c1-10-15(17-21-20-12(3)25-17)16(11(2)22(10)4)26(23,24)19-9-13-7-5-6-8-14(13)18/h5-8,19H,9H2,1-4H3. The summed E-state index contributed by atoms with van der Waals surface area (Å²) in [4.78, 5) is 0.133. The third-order valence-corrected chi connectivity index (χ3v) is 6.27. The fourth-order valence-electron chi connectivity index (χ4n) is 2.78. The minimum absolute atomic E-state index is 0.0810. The number of halogens is 1. The Morgan fingerprint density at radius 2 is 1.85 bits per heavy atom. The fourth-order valence-corrected chi connectivity index (χ4v) is 4.50. The number of sulfonamides is 1. The summed E-state index contributed by atoms with van der Waals surface area (Å²) in [6.07, 6.45) is 0. The number of aromatic nitrogens is 3. The van der Waals surface area contributed by atoms with Crippen molar-refractivity contribution in [2.24, 2.45) is 7.05 Å². The van der Waals surface area contributed by atoms with E-state index in [4.69, 9.17) is 16.0 Å². The van der Waals surface area contributed by atoms with E-state index in [1.54, 1.807) is 49.7 Å². The summed E-state index contributed by atoms with van der Waals surface area (Å²) in [5.74, 6) is 0.551. The van der Waals surface area contributed by atoms with Crippen LogP contribution in [0.3, 0.4) is 0 Å². The highest BCUT2D eigenvalue weighted by Gasteiger charge is 2.30. The van der Waals surface area contributed by atoms with Crippen molar-refractivity contribution in [3.8, 4) is 11.5 Å². The van der Waals surface area contributed by atoms with Crippen molar-refractivity contribution in [3.05, 3.63) is 52.1 Å². The van der Waals surface area contributed by atoms with E-state index in [1.807, 2.05) is 6.92 Å². The SMILES string of the molecule is Cc1nnc(-c2c(S(=O)(=O)NCc3ccccc3Cl)c(C)n(C)c2C)o1. The topological polar surface area (TPSA) is 90.0 Å². The van der Waals surface area contributed by atoms with Crippen LogP contribution in [0.4, 0.5) is 0 Å². The Morgan fingerprint density at radius 3 is 2.46 bits per heavy atom. The average molecular weight is 395 g/mol. The second kappa shape index (κ2) is 6.86. The van der Waals surface area contributed by atoms with Crippen molar-refractivity contribution in [1.82, 2.24) is 19.5 Å². The van der Waals surface area contributed by atoms with Crippen molar-refractivity contribution >= 4 is 21.6 Å². The first kappa shape index (κ1) is 18.6. The maximum Gasteiger partial charge on any atom is 0.250 e. The molecule has 26 heavy (non-hydrogen) atoms. The molecular formula is C17H19ClN4O3S. The molecule has 7 nitrogen and oxygen atoms in total. The Hall–Kier alpha value is -2.16. The van der Waals surface area contributed by atoms with Gasteiger partial charge in [0.2, 0.25) is 15.9 Å². The van der Waals surface area contributed by atoms with Crippen molar-refractivity contribution in [3.63, 3.8) is 0 Å². The van der Waals surface area contributed by atoms with E-state index in [-0.39, 0.29) is 17.3 Å². The molecule has 0 amide bonds. The molecule has 0 radical (unpaired) electrons. The molecule has 0 unspecified atom stereocenters. The highest BCUT2D eigenvalue weighted by atomic mass is 35.5. The molecular weight excluding hydrogens is 376 g/mol. The van der Waals surface area contributed by atoms with Crippen molar-refractivity contribution in [2.45, 2.75) is 32.2 Å². The first-order valence-electron chi connectivity index (χ1n) is 7.91. The molecule has 0 atom stereocenters. The van der Waals surface area contributed by atoms with Gasteiger partial charge in [-0.25, -0.2) is 13.1 Å². The molecule has 2 aromatic heterocycles. The van der Waals surface area contributed by atoms with Crippen LogP contribution in [0.15, 0.2) is 33.6 Å². The van der Waals surface area contributed by atoms with Gasteiger partial charge in [0.15, 0.2) is 0 Å². The van der Waals surface area contributed by atoms with Gasteiger partial charge in [0.05, 0.1) is 5.56 Å². The fraction of sp³-hybridized carbons (Fsp3) is 0.294. The van der Waals surface area contributed by atoms with Crippen LogP contribution in [0.25, 0.3) is 11.5 Å². The molecule has 2 heterocycles. The molecule has 0 saturated heterocycles. The third-order valence-electron chi connectivity index (χ3n) is 4.34. The van der Waals surface area contributed by atoms with Gasteiger partial charge in [-0.15, -0.1) is 10.2 Å². The maximum absolute atomic E-state index is 13.0. The van der Waals surface area contributed by atoms with Crippen LogP contribution in [-0.2, 0) is 23.6 Å². The van der Waals surface area contributed by atoms with Crippen LogP contribution in [0.5, 0.6) is 0 Å². The lowest BCUT2D eigenvalue weighted by atomic mass is 10.2. The molecule has 0 fully saturated rings. The quantitative estimate of drug-likeness (QED) is 0.717. The molecule has 0 aliphatic heterocycles. The van der Waals surface area contributed by atoms with Gasteiger partial charge in [-0.2, -0.15) is 0 Å². The second-order valence-corrected chi connectivity index (χ2v) is 8.09. The molecule has 3 rings (SSSR count). The van der Waals surface area contributed by atoms with Crippen LogP contribution in [0, 0.1) is 20.8 Å². The molecule has 0 aliphatic rings. The molecule has 138 valence electrons. The van der Waals surface area contributed by atoms with Crippen molar-refractivity contribution in [1.29, 1.82) is 0 Å². The first-order chi connectivity index (χ1) is 12.2. The van der Waals surface area contributed by atoms with Crippen LogP contribution in [0.1, 0.15) is 22.8 Å². The zero-order valence-corrected chi connectivity index (χ0v) is 16.4. The van der Waals surface area contributed by atoms with E-state index >= 15 is 0 Å². The molecule has 1 N–H and O–H groups in total. The lowest BCUT2D eigenvalue weighted by molar-refractivity contribution is 0.530. The summed E-state index contributed by atoms with van der Waals surface area (Å²) >= 11 is 6.12. The largest absolute Gasteiger partial charge is 0.421 e. The third kappa shape index (κ3) is 3.27. The summed E-state index contributed by atoms with van der Waals surface area (Å²) in [5.41, 5.74) is 2.42. The molecule has 1 aromatic carbocycles. The van der Waals surface area contributed by atoms with Gasteiger partial charge in [0, 0.05) is 36.9 Å². The normalized spacial score (nSPS) is 11.9. The maximum atomic E-state index is 13.0. The van der Waals surface area contributed by atoms with Gasteiger partial charge in [0.1, 0.15) is 4.90 Å². The highest BCUT2D eigenvalue weighted by molar-refractivity contribution is 7.89. The summed E-state index contributed by atoms with van der Waals surface area (Å²) in [6.45, 7) is 5.29. The summed E-state index contributed by atoms with van der Waals surface area (Å²) in [5, 5.41) is 8.31. The van der Waals surface area contributed by atoms with E-state index in [0.717, 1.165) is 5.69 Å². The number of nitrogens with zero attached hydrogens (tertiary/aromatic N) is 3. The Balaban J connectivity index is 2.05. The first-order valence-corrected chi connectivity index (χ1v) is 9.78. The van der Waals surface area contributed by atoms with E-state index in [1.165, 1.54) is 0 Å². The Kier molecular flexibility index (Phi) is 4.92. The number of aryl methyl sites for hydroxylation is 1. The minimum atomic E-state index is -3.83. The lowest BCUT2D eigenvalue weighted by Gasteiger charge is -2.09. The average Bonchev–Trinajstić information content (AvgIpc) is 3.11. The molecule has 9 heteroatoms. The number of rotatable bonds is 5. The Labute approximate surface area is 157 Å². The second-order valence-electron chi connectivity index (χ2n) is 5.98. The summed E-state index contributed by atoms with van der Waals surface area (Å²) < 4.78 is 36.0. The zero-order chi connectivity index (χ0) is 19.1. The minimum Gasteiger partial charge on any atom is -0.421 e. The monoisotopic (exact) mass is 394 g/mol. The molecule has 0 spiro atoms. The number of hydrogen-bond donors (Lipinski definition) is 1. The van der Waals surface area contributed by atoms with Gasteiger partial charge < -0.3 is 8.98 Å². The van der Waals surface area contributed by atoms with Gasteiger partial charge in [-0.3, -0.25) is 0 Å². The molecule has 0 saturated carbocycles. The predicted molar refractivity (Wildman–Crippen MR) is 98.4 cm³/mol. The van der Waals surface area contributed by atoms with Crippen LogP contribution in [0.2, 0.25) is 5.02 Å². The van der Waals surface area contributed by atoms with Gasteiger partial charge >= 0.3 is 0 Å². The van der Waals surface area contributed by atoms with E-state index in [9.17, 15) is 8.42 Å². The molecule has 0 aliphatic carbocycles. The van der Waals surface area contributed by atoms with E-state index in [2.05, 4.69) is 14.9 Å². The number of benzene rings is 1. The van der Waals surface area contributed by atoms with Crippen LogP contribution < -0.4 is 4.72 Å². The van der Waals surface area contributed by atoms with Crippen molar-refractivity contribution < 1.29 is 12.8 Å². The zero-order valence-electron chi connectivity index (χ0n) is 14.9. The van der Waals surface area contributed by atoms with E-state index < -0.39 is 10.0 Å². The summed E-state index contributed by atoms with van der Waals surface area (Å²) in [6, 6.07) is 7.09. The number of hydrogen-bond acceptors (Lipinski definition) is 5. The van der Waals surface area contributed by atoms with Crippen LogP contribution in [-0.4, -0.2) is 23.2 Å². The van der Waals surface area contributed by atoms with Gasteiger partial charge in [-0.05, 0) is 25.5 Å². The molecule has 3 aromatic rings. The summed E-state index contributed by atoms with van der Waals surface area (Å²) in [7, 11) is -2.04. The Bertz CT molecular complexity index is 1070.